The molecule has 1 heterocycles. The number of nitrogens with one attached hydrogen (secondary N) is 1. The third-order valence-electron chi connectivity index (χ3n) is 7.97. The fraction of sp³-hybridized carbons (Fsp3) is 0.323. The second-order valence-electron chi connectivity index (χ2n) is 11.1. The number of halogens is 1. The molecule has 3 aromatic carbocycles. The van der Waals surface area contributed by atoms with Crippen molar-refractivity contribution in [2.45, 2.75) is 51.7 Å². The predicted molar refractivity (Wildman–Crippen MR) is 155 cm³/mol. The standard InChI is InChI=1S/C31H33BClNO5/c1-19-14-22(33)16-20(28(19)35)15-21(32-38-30(2,3)31(4,5)39-32)17-34-29(36)37-18-27-25-12-8-6-10-23(25)24-11-7-9-13-26(24)27/h6-16,27,35H,17-18H2,1-5H3,(H,34,36). The van der Waals surface area contributed by atoms with E-state index in [4.69, 9.17) is 25.6 Å². The summed E-state index contributed by atoms with van der Waals surface area (Å²) in [5, 5.41) is 14.0. The minimum atomic E-state index is -0.734. The Hall–Kier alpha value is -3.26. The number of carbonyl (C=O) groups is 1. The van der Waals surface area contributed by atoms with Crippen molar-refractivity contribution >= 4 is 30.9 Å². The summed E-state index contributed by atoms with van der Waals surface area (Å²) in [6.07, 6.45) is 1.20. The highest BCUT2D eigenvalue weighted by molar-refractivity contribution is 6.56. The Morgan fingerprint density at radius 1 is 1.03 bits per heavy atom. The number of rotatable bonds is 6. The summed E-state index contributed by atoms with van der Waals surface area (Å²) in [5.41, 5.74) is 5.27. The largest absolute Gasteiger partial charge is 0.507 e. The molecule has 0 atom stereocenters. The molecule has 1 aliphatic heterocycles. The lowest BCUT2D eigenvalue weighted by Gasteiger charge is -2.32. The first-order chi connectivity index (χ1) is 18.5. The van der Waals surface area contributed by atoms with Crippen LogP contribution >= 0.6 is 11.6 Å². The topological polar surface area (TPSA) is 77.0 Å². The first kappa shape index (κ1) is 27.3. The number of alkyl carbamates (subject to hydrolysis) is 1. The summed E-state index contributed by atoms with van der Waals surface area (Å²) in [5.74, 6) is 0.0715. The lowest BCUT2D eigenvalue weighted by atomic mass is 9.77. The molecule has 0 bridgehead atoms. The second kappa shape index (κ2) is 10.4. The summed E-state index contributed by atoms with van der Waals surface area (Å²) in [4.78, 5) is 12.9. The molecule has 1 saturated heterocycles. The van der Waals surface area contributed by atoms with Gasteiger partial charge in [0.05, 0.1) is 11.2 Å². The smallest absolute Gasteiger partial charge is 0.492 e. The maximum Gasteiger partial charge on any atom is 0.492 e. The molecule has 8 heteroatoms. The quantitative estimate of drug-likeness (QED) is 0.329. The number of benzene rings is 3. The Balaban J connectivity index is 1.33. The maximum atomic E-state index is 12.9. The molecule has 1 fully saturated rings. The number of carbonyl (C=O) groups excluding carboxylic acids is 1. The highest BCUT2D eigenvalue weighted by Gasteiger charge is 2.52. The van der Waals surface area contributed by atoms with Crippen molar-refractivity contribution in [3.63, 3.8) is 0 Å². The molecule has 2 N–H and O–H groups in total. The molecule has 0 saturated carbocycles. The van der Waals surface area contributed by atoms with Gasteiger partial charge < -0.3 is 24.5 Å². The number of phenols is 1. The number of hydrogen-bond donors (Lipinski definition) is 2. The monoisotopic (exact) mass is 545 g/mol. The van der Waals surface area contributed by atoms with Gasteiger partial charge in [-0.15, -0.1) is 0 Å². The molecule has 6 nitrogen and oxygen atoms in total. The van der Waals surface area contributed by atoms with Crippen LogP contribution in [0.4, 0.5) is 4.79 Å². The molecule has 0 unspecified atom stereocenters. The highest BCUT2D eigenvalue weighted by Crippen LogP contribution is 2.44. The summed E-state index contributed by atoms with van der Waals surface area (Å²) in [7, 11) is -0.734. The van der Waals surface area contributed by atoms with E-state index >= 15 is 0 Å². The van der Waals surface area contributed by atoms with Crippen LogP contribution < -0.4 is 5.32 Å². The first-order valence-electron chi connectivity index (χ1n) is 13.1. The van der Waals surface area contributed by atoms with Gasteiger partial charge in [0.25, 0.3) is 0 Å². The van der Waals surface area contributed by atoms with Gasteiger partial charge in [0.2, 0.25) is 0 Å². The summed E-state index contributed by atoms with van der Waals surface area (Å²) < 4.78 is 18.2. The molecular weight excluding hydrogens is 513 g/mol. The molecule has 1 amide bonds. The highest BCUT2D eigenvalue weighted by atomic mass is 35.5. The van der Waals surface area contributed by atoms with Crippen molar-refractivity contribution in [1.29, 1.82) is 0 Å². The lowest BCUT2D eigenvalue weighted by Crippen LogP contribution is -2.41. The van der Waals surface area contributed by atoms with Crippen LogP contribution in [0, 0.1) is 6.92 Å². The van der Waals surface area contributed by atoms with Gasteiger partial charge >= 0.3 is 13.2 Å². The fourth-order valence-electron chi connectivity index (χ4n) is 5.09. The Labute approximate surface area is 235 Å². The SMILES string of the molecule is Cc1cc(Cl)cc(C=C(CNC(=O)OCC2c3ccccc3-c3ccccc32)B2OC(C)(C)C(C)(C)O2)c1O. The first-order valence-corrected chi connectivity index (χ1v) is 13.5. The Bertz CT molecular complexity index is 1390. The van der Waals surface area contributed by atoms with Crippen LogP contribution in [0.2, 0.25) is 5.02 Å². The van der Waals surface area contributed by atoms with E-state index in [1.807, 2.05) is 52.0 Å². The number of aromatic hydroxyl groups is 1. The third kappa shape index (κ3) is 5.31. The van der Waals surface area contributed by atoms with Gasteiger partial charge in [-0.3, -0.25) is 0 Å². The number of hydrogen-bond acceptors (Lipinski definition) is 5. The number of aryl methyl sites for hydroxylation is 1. The van der Waals surface area contributed by atoms with Gasteiger partial charge in [0.1, 0.15) is 12.4 Å². The van der Waals surface area contributed by atoms with Crippen molar-refractivity contribution in [3.05, 3.63) is 93.4 Å². The average molecular weight is 546 g/mol. The van der Waals surface area contributed by atoms with Crippen LogP contribution in [-0.4, -0.2) is 42.7 Å². The van der Waals surface area contributed by atoms with Gasteiger partial charge in [-0.25, -0.2) is 4.79 Å². The fourth-order valence-corrected chi connectivity index (χ4v) is 5.37. The van der Waals surface area contributed by atoms with Crippen LogP contribution in [0.25, 0.3) is 17.2 Å². The van der Waals surface area contributed by atoms with Gasteiger partial charge in [-0.2, -0.15) is 0 Å². The van der Waals surface area contributed by atoms with Crippen LogP contribution in [-0.2, 0) is 14.0 Å². The molecule has 0 radical (unpaired) electrons. The van der Waals surface area contributed by atoms with E-state index in [-0.39, 0.29) is 24.8 Å². The van der Waals surface area contributed by atoms with E-state index in [0.29, 0.717) is 21.6 Å². The predicted octanol–water partition coefficient (Wildman–Crippen LogP) is 6.91. The molecule has 0 spiro atoms. The number of ether oxygens (including phenoxy) is 1. The van der Waals surface area contributed by atoms with Gasteiger partial charge in [-0.05, 0) is 80.0 Å². The minimum Gasteiger partial charge on any atom is -0.507 e. The van der Waals surface area contributed by atoms with E-state index < -0.39 is 24.4 Å². The van der Waals surface area contributed by atoms with E-state index in [9.17, 15) is 9.90 Å². The average Bonchev–Trinajstić information content (AvgIpc) is 3.32. The van der Waals surface area contributed by atoms with Crippen LogP contribution in [0.5, 0.6) is 5.75 Å². The third-order valence-corrected chi connectivity index (χ3v) is 8.19. The zero-order valence-corrected chi connectivity index (χ0v) is 23.6. The van der Waals surface area contributed by atoms with Gasteiger partial charge in [0.15, 0.2) is 0 Å². The number of fused-ring (bicyclic) bond motifs is 3. The van der Waals surface area contributed by atoms with Crippen molar-refractivity contribution in [3.8, 4) is 16.9 Å². The minimum absolute atomic E-state index is 0.0346. The normalized spacial score (nSPS) is 17.6. The Kier molecular flexibility index (Phi) is 7.27. The van der Waals surface area contributed by atoms with E-state index in [0.717, 1.165) is 11.1 Å². The zero-order valence-electron chi connectivity index (χ0n) is 22.9. The second-order valence-corrected chi connectivity index (χ2v) is 11.6. The summed E-state index contributed by atoms with van der Waals surface area (Å²) in [6, 6.07) is 19.8. The van der Waals surface area contributed by atoms with E-state index in [1.54, 1.807) is 25.1 Å². The summed E-state index contributed by atoms with van der Waals surface area (Å²) in [6.45, 7) is 9.94. The summed E-state index contributed by atoms with van der Waals surface area (Å²) >= 11 is 6.27. The Morgan fingerprint density at radius 3 is 2.18 bits per heavy atom. The zero-order chi connectivity index (χ0) is 27.9. The van der Waals surface area contributed by atoms with Crippen LogP contribution in [0.15, 0.2) is 66.1 Å². The number of phenolic OH excluding ortho intramolecular Hbond substituents is 1. The van der Waals surface area contributed by atoms with Crippen molar-refractivity contribution < 1.29 is 23.9 Å². The van der Waals surface area contributed by atoms with Crippen LogP contribution in [0.3, 0.4) is 0 Å². The maximum absolute atomic E-state index is 12.9. The van der Waals surface area contributed by atoms with Gasteiger partial charge in [0, 0.05) is 23.0 Å². The molecular formula is C31H33BClNO5. The van der Waals surface area contributed by atoms with E-state index in [2.05, 4.69) is 29.6 Å². The van der Waals surface area contributed by atoms with Gasteiger partial charge in [-0.1, -0.05) is 66.2 Å². The lowest BCUT2D eigenvalue weighted by molar-refractivity contribution is 0.00578. The molecule has 5 rings (SSSR count). The van der Waals surface area contributed by atoms with Crippen LogP contribution in [0.1, 0.15) is 55.9 Å². The molecule has 202 valence electrons. The number of amides is 1. The Morgan fingerprint density at radius 2 is 1.59 bits per heavy atom. The van der Waals surface area contributed by atoms with Crippen molar-refractivity contribution in [1.82, 2.24) is 5.32 Å². The molecule has 1 aliphatic carbocycles. The van der Waals surface area contributed by atoms with Crippen molar-refractivity contribution in [2.75, 3.05) is 13.2 Å². The van der Waals surface area contributed by atoms with E-state index in [1.165, 1.54) is 11.1 Å². The molecule has 0 aromatic heterocycles. The molecule has 2 aliphatic rings. The molecule has 3 aromatic rings. The van der Waals surface area contributed by atoms with Crippen molar-refractivity contribution in [2.24, 2.45) is 0 Å². The molecule has 39 heavy (non-hydrogen) atoms.